The van der Waals surface area contributed by atoms with E-state index < -0.39 is 0 Å². The van der Waals surface area contributed by atoms with Crippen LogP contribution in [0.1, 0.15) is 12.8 Å². The molecule has 0 aromatic heterocycles. The van der Waals surface area contributed by atoms with Crippen LogP contribution in [0.4, 0.5) is 0 Å². The van der Waals surface area contributed by atoms with Crippen molar-refractivity contribution >= 4 is 16.7 Å². The van der Waals surface area contributed by atoms with E-state index in [0.717, 1.165) is 36.0 Å². The lowest BCUT2D eigenvalue weighted by atomic mass is 10.1. The van der Waals surface area contributed by atoms with Gasteiger partial charge >= 0.3 is 0 Å². The Hall–Kier alpha value is -2.27. The van der Waals surface area contributed by atoms with Crippen molar-refractivity contribution in [2.75, 3.05) is 26.9 Å². The van der Waals surface area contributed by atoms with Gasteiger partial charge in [-0.05, 0) is 47.9 Å². The molecule has 0 spiro atoms. The third-order valence-electron chi connectivity index (χ3n) is 3.94. The highest BCUT2D eigenvalue weighted by atomic mass is 16.5. The molecule has 0 saturated carbocycles. The third kappa shape index (κ3) is 4.13. The van der Waals surface area contributed by atoms with Crippen molar-refractivity contribution in [1.29, 1.82) is 0 Å². The van der Waals surface area contributed by atoms with Gasteiger partial charge in [-0.3, -0.25) is 4.79 Å². The van der Waals surface area contributed by atoms with E-state index in [2.05, 4.69) is 5.32 Å². The summed E-state index contributed by atoms with van der Waals surface area (Å²) in [4.78, 5) is 11.8. The molecule has 1 saturated heterocycles. The van der Waals surface area contributed by atoms with Gasteiger partial charge < -0.3 is 19.5 Å². The molecule has 2 aromatic rings. The second-order valence-corrected chi connectivity index (χ2v) is 5.60. The zero-order valence-corrected chi connectivity index (χ0v) is 13.2. The minimum Gasteiger partial charge on any atom is -0.497 e. The average molecular weight is 315 g/mol. The summed E-state index contributed by atoms with van der Waals surface area (Å²) in [6.07, 6.45) is 2.22. The van der Waals surface area contributed by atoms with Crippen molar-refractivity contribution in [3.8, 4) is 11.5 Å². The number of carbonyl (C=O) groups excluding carboxylic acids is 1. The van der Waals surface area contributed by atoms with Crippen LogP contribution in [-0.2, 0) is 9.53 Å². The van der Waals surface area contributed by atoms with Gasteiger partial charge in [-0.25, -0.2) is 0 Å². The topological polar surface area (TPSA) is 56.8 Å². The highest BCUT2D eigenvalue weighted by Crippen LogP contribution is 2.24. The number of nitrogens with one attached hydrogen (secondary N) is 1. The van der Waals surface area contributed by atoms with Gasteiger partial charge in [0, 0.05) is 13.2 Å². The summed E-state index contributed by atoms with van der Waals surface area (Å²) in [5.74, 6) is 1.33. The molecule has 1 aliphatic rings. The molecule has 2 aromatic carbocycles. The Morgan fingerprint density at radius 1 is 1.22 bits per heavy atom. The number of amides is 1. The van der Waals surface area contributed by atoms with Crippen molar-refractivity contribution in [1.82, 2.24) is 5.32 Å². The first-order chi connectivity index (χ1) is 11.2. The summed E-state index contributed by atoms with van der Waals surface area (Å²) < 4.78 is 16.3. The highest BCUT2D eigenvalue weighted by molar-refractivity contribution is 5.85. The van der Waals surface area contributed by atoms with Crippen LogP contribution in [0.15, 0.2) is 36.4 Å². The number of benzene rings is 2. The number of rotatable bonds is 6. The lowest BCUT2D eigenvalue weighted by Crippen LogP contribution is -2.35. The van der Waals surface area contributed by atoms with Crippen LogP contribution in [0.25, 0.3) is 10.8 Å². The zero-order valence-electron chi connectivity index (χ0n) is 13.2. The lowest BCUT2D eigenvalue weighted by molar-refractivity contribution is -0.123. The summed E-state index contributed by atoms with van der Waals surface area (Å²) in [5, 5.41) is 4.95. The number of ether oxygens (including phenoxy) is 3. The van der Waals surface area contributed by atoms with E-state index in [-0.39, 0.29) is 18.6 Å². The first-order valence-electron chi connectivity index (χ1n) is 7.83. The van der Waals surface area contributed by atoms with E-state index >= 15 is 0 Å². The SMILES string of the molecule is COc1ccc2ccc(OCC(=O)NC[C@@H]3CCCO3)cc2c1. The minimum atomic E-state index is -0.133. The third-order valence-corrected chi connectivity index (χ3v) is 3.94. The second-order valence-electron chi connectivity index (χ2n) is 5.60. The van der Waals surface area contributed by atoms with Crippen molar-refractivity contribution < 1.29 is 19.0 Å². The number of carbonyl (C=O) groups is 1. The molecule has 1 fully saturated rings. The molecule has 3 rings (SSSR count). The van der Waals surface area contributed by atoms with E-state index in [1.807, 2.05) is 36.4 Å². The Morgan fingerprint density at radius 3 is 2.74 bits per heavy atom. The number of fused-ring (bicyclic) bond motifs is 1. The summed E-state index contributed by atoms with van der Waals surface area (Å²) in [6, 6.07) is 11.6. The molecule has 1 N–H and O–H groups in total. The van der Waals surface area contributed by atoms with Gasteiger partial charge in [0.1, 0.15) is 11.5 Å². The molecule has 1 amide bonds. The molecule has 5 heteroatoms. The Morgan fingerprint density at radius 2 is 2.00 bits per heavy atom. The summed E-state index contributed by atoms with van der Waals surface area (Å²) in [7, 11) is 1.64. The molecular formula is C18H21NO4. The van der Waals surface area contributed by atoms with Crippen LogP contribution in [0.2, 0.25) is 0 Å². The van der Waals surface area contributed by atoms with Crippen molar-refractivity contribution in [3.05, 3.63) is 36.4 Å². The quantitative estimate of drug-likeness (QED) is 0.890. The predicted octanol–water partition coefficient (Wildman–Crippen LogP) is 2.52. The van der Waals surface area contributed by atoms with Crippen LogP contribution in [0, 0.1) is 0 Å². The maximum absolute atomic E-state index is 11.8. The minimum absolute atomic E-state index is 0.00218. The Bertz CT molecular complexity index is 680. The zero-order chi connectivity index (χ0) is 16.1. The second kappa shape index (κ2) is 7.33. The van der Waals surface area contributed by atoms with E-state index in [9.17, 15) is 4.79 Å². The maximum Gasteiger partial charge on any atom is 0.258 e. The first-order valence-corrected chi connectivity index (χ1v) is 7.83. The largest absolute Gasteiger partial charge is 0.497 e. The van der Waals surface area contributed by atoms with Gasteiger partial charge in [-0.2, -0.15) is 0 Å². The van der Waals surface area contributed by atoms with E-state index in [0.29, 0.717) is 12.3 Å². The smallest absolute Gasteiger partial charge is 0.258 e. The lowest BCUT2D eigenvalue weighted by Gasteiger charge is -2.12. The molecule has 0 bridgehead atoms. The molecule has 0 aliphatic carbocycles. The maximum atomic E-state index is 11.8. The normalized spacial score (nSPS) is 17.2. The van der Waals surface area contributed by atoms with Crippen LogP contribution in [0.3, 0.4) is 0 Å². The van der Waals surface area contributed by atoms with Crippen molar-refractivity contribution in [2.24, 2.45) is 0 Å². The molecule has 23 heavy (non-hydrogen) atoms. The number of hydrogen-bond donors (Lipinski definition) is 1. The standard InChI is InChI=1S/C18H21NO4/c1-21-15-6-4-13-5-7-16(10-14(13)9-15)23-12-18(20)19-11-17-3-2-8-22-17/h4-7,9-10,17H,2-3,8,11-12H2,1H3,(H,19,20)/t17-/m0/s1. The van der Waals surface area contributed by atoms with E-state index in [1.54, 1.807) is 7.11 Å². The molecule has 1 atom stereocenters. The van der Waals surface area contributed by atoms with Gasteiger partial charge in [0.25, 0.3) is 5.91 Å². The summed E-state index contributed by atoms with van der Waals surface area (Å²) >= 11 is 0. The highest BCUT2D eigenvalue weighted by Gasteiger charge is 2.16. The van der Waals surface area contributed by atoms with Crippen LogP contribution in [-0.4, -0.2) is 38.9 Å². The summed E-state index contributed by atoms with van der Waals surface area (Å²) in [6.45, 7) is 1.34. The fraction of sp³-hybridized carbons (Fsp3) is 0.389. The molecule has 122 valence electrons. The van der Waals surface area contributed by atoms with Gasteiger partial charge in [-0.1, -0.05) is 12.1 Å². The van der Waals surface area contributed by atoms with Crippen LogP contribution in [0.5, 0.6) is 11.5 Å². The van der Waals surface area contributed by atoms with E-state index in [1.165, 1.54) is 0 Å². The van der Waals surface area contributed by atoms with Crippen LogP contribution >= 0.6 is 0 Å². The first kappa shape index (κ1) is 15.6. The predicted molar refractivity (Wildman–Crippen MR) is 88.0 cm³/mol. The van der Waals surface area contributed by atoms with Gasteiger partial charge in [0.2, 0.25) is 0 Å². The Balaban J connectivity index is 1.54. The van der Waals surface area contributed by atoms with Crippen molar-refractivity contribution in [3.63, 3.8) is 0 Å². The van der Waals surface area contributed by atoms with Crippen LogP contribution < -0.4 is 14.8 Å². The van der Waals surface area contributed by atoms with Gasteiger partial charge in [0.15, 0.2) is 6.61 Å². The number of methoxy groups -OCH3 is 1. The van der Waals surface area contributed by atoms with Crippen molar-refractivity contribution in [2.45, 2.75) is 18.9 Å². The fourth-order valence-corrected chi connectivity index (χ4v) is 2.65. The van der Waals surface area contributed by atoms with Gasteiger partial charge in [-0.15, -0.1) is 0 Å². The molecule has 1 aliphatic heterocycles. The van der Waals surface area contributed by atoms with E-state index in [4.69, 9.17) is 14.2 Å². The molecule has 5 nitrogen and oxygen atoms in total. The monoisotopic (exact) mass is 315 g/mol. The van der Waals surface area contributed by atoms with Gasteiger partial charge in [0.05, 0.1) is 13.2 Å². The number of hydrogen-bond acceptors (Lipinski definition) is 4. The molecule has 1 heterocycles. The Labute approximate surface area is 135 Å². The molecular weight excluding hydrogens is 294 g/mol. The average Bonchev–Trinajstić information content (AvgIpc) is 3.11. The molecule has 0 unspecified atom stereocenters. The Kier molecular flexibility index (Phi) is 4.98. The fourth-order valence-electron chi connectivity index (χ4n) is 2.65. The molecule has 0 radical (unpaired) electrons. The summed E-state index contributed by atoms with van der Waals surface area (Å²) in [5.41, 5.74) is 0.